The minimum absolute atomic E-state index is 0.247. The third-order valence-electron chi connectivity index (χ3n) is 3.28. The van der Waals surface area contributed by atoms with Crippen LogP contribution in [0.5, 0.6) is 0 Å². The van der Waals surface area contributed by atoms with Crippen molar-refractivity contribution < 1.29 is 18.0 Å². The summed E-state index contributed by atoms with van der Waals surface area (Å²) in [6, 6.07) is 11.6. The summed E-state index contributed by atoms with van der Waals surface area (Å²) in [5, 5.41) is 5.30. The van der Waals surface area contributed by atoms with Crippen LogP contribution in [0, 0.1) is 6.92 Å². The first-order chi connectivity index (χ1) is 10.8. The Balaban J connectivity index is 2.10. The first-order valence-corrected chi connectivity index (χ1v) is 7.07. The van der Waals surface area contributed by atoms with E-state index in [1.165, 1.54) is 18.2 Å². The van der Waals surface area contributed by atoms with Crippen LogP contribution < -0.4 is 10.6 Å². The second-order valence-corrected chi connectivity index (χ2v) is 5.27. The topological polar surface area (TPSA) is 41.1 Å². The zero-order chi connectivity index (χ0) is 17.0. The van der Waals surface area contributed by atoms with Crippen molar-refractivity contribution in [3.05, 3.63) is 59.7 Å². The number of aryl methyl sites for hydroxylation is 1. The predicted octanol–water partition coefficient (Wildman–Crippen LogP) is 4.45. The smallest absolute Gasteiger partial charge is 0.374 e. The highest BCUT2D eigenvalue weighted by Crippen LogP contribution is 2.34. The molecule has 3 nitrogen and oxygen atoms in total. The fourth-order valence-corrected chi connectivity index (χ4v) is 2.13. The Morgan fingerprint density at radius 1 is 1.09 bits per heavy atom. The quantitative estimate of drug-likeness (QED) is 0.873. The van der Waals surface area contributed by atoms with E-state index in [-0.39, 0.29) is 5.69 Å². The lowest BCUT2D eigenvalue weighted by Crippen LogP contribution is -2.32. The summed E-state index contributed by atoms with van der Waals surface area (Å²) in [6.45, 7) is 3.50. The fraction of sp³-hybridized carbons (Fsp3) is 0.235. The molecule has 2 aromatic carbocycles. The van der Waals surface area contributed by atoms with Crippen LogP contribution in [-0.2, 0) is 11.0 Å². The number of hydrogen-bond acceptors (Lipinski definition) is 2. The molecule has 1 amide bonds. The van der Waals surface area contributed by atoms with Crippen LogP contribution in [0.4, 0.5) is 24.5 Å². The van der Waals surface area contributed by atoms with Gasteiger partial charge in [-0.2, -0.15) is 13.2 Å². The van der Waals surface area contributed by atoms with Gasteiger partial charge >= 0.3 is 6.18 Å². The van der Waals surface area contributed by atoms with Crippen LogP contribution in [0.3, 0.4) is 0 Å². The summed E-state index contributed by atoms with van der Waals surface area (Å²) in [7, 11) is 0. The normalized spacial score (nSPS) is 12.6. The van der Waals surface area contributed by atoms with Crippen molar-refractivity contribution in [2.75, 3.05) is 10.6 Å². The van der Waals surface area contributed by atoms with Gasteiger partial charge < -0.3 is 10.6 Å². The van der Waals surface area contributed by atoms with Crippen LogP contribution in [0.2, 0.25) is 0 Å². The number of benzene rings is 2. The van der Waals surface area contributed by atoms with Crippen molar-refractivity contribution in [1.82, 2.24) is 0 Å². The molecular weight excluding hydrogens is 305 g/mol. The number of halogens is 3. The third kappa shape index (κ3) is 4.48. The van der Waals surface area contributed by atoms with Gasteiger partial charge in [0.2, 0.25) is 5.91 Å². The highest BCUT2D eigenvalue weighted by Gasteiger charge is 2.33. The van der Waals surface area contributed by atoms with Crippen molar-refractivity contribution in [2.45, 2.75) is 26.1 Å². The molecular formula is C17H17F3N2O. The molecule has 0 radical (unpaired) electrons. The molecule has 0 saturated heterocycles. The van der Waals surface area contributed by atoms with Crippen LogP contribution in [0.15, 0.2) is 48.5 Å². The zero-order valence-electron chi connectivity index (χ0n) is 12.7. The van der Waals surface area contributed by atoms with E-state index in [9.17, 15) is 18.0 Å². The molecule has 2 N–H and O–H groups in total. The Hall–Kier alpha value is -2.50. The first kappa shape index (κ1) is 16.9. The van der Waals surface area contributed by atoms with Crippen molar-refractivity contribution >= 4 is 17.3 Å². The largest absolute Gasteiger partial charge is 0.418 e. The maximum Gasteiger partial charge on any atom is 0.418 e. The predicted molar refractivity (Wildman–Crippen MR) is 84.3 cm³/mol. The molecule has 23 heavy (non-hydrogen) atoms. The molecule has 1 unspecified atom stereocenters. The minimum Gasteiger partial charge on any atom is -0.374 e. The number of nitrogens with one attached hydrogen (secondary N) is 2. The van der Waals surface area contributed by atoms with Gasteiger partial charge in [-0.05, 0) is 43.7 Å². The number of amides is 1. The lowest BCUT2D eigenvalue weighted by Gasteiger charge is -2.18. The van der Waals surface area contributed by atoms with Crippen LogP contribution in [-0.4, -0.2) is 11.9 Å². The average molecular weight is 322 g/mol. The number of para-hydroxylation sites is 1. The zero-order valence-corrected chi connectivity index (χ0v) is 12.7. The molecule has 0 bridgehead atoms. The molecule has 0 aliphatic heterocycles. The summed E-state index contributed by atoms with van der Waals surface area (Å²) < 4.78 is 38.8. The Morgan fingerprint density at radius 3 is 2.43 bits per heavy atom. The maximum absolute atomic E-state index is 12.9. The Kier molecular flexibility index (Phi) is 4.93. The number of rotatable bonds is 4. The second kappa shape index (κ2) is 6.73. The minimum atomic E-state index is -4.52. The number of anilines is 2. The number of alkyl halides is 3. The van der Waals surface area contributed by atoms with E-state index in [1.54, 1.807) is 13.0 Å². The SMILES string of the molecule is Cc1cccc(NC(C)C(=O)Nc2ccccc2C(F)(F)F)c1. The molecule has 2 rings (SSSR count). The number of hydrogen-bond donors (Lipinski definition) is 2. The first-order valence-electron chi connectivity index (χ1n) is 7.07. The van der Waals surface area contributed by atoms with E-state index < -0.39 is 23.7 Å². The van der Waals surface area contributed by atoms with Gasteiger partial charge in [-0.3, -0.25) is 4.79 Å². The van der Waals surface area contributed by atoms with E-state index in [2.05, 4.69) is 10.6 Å². The van der Waals surface area contributed by atoms with Gasteiger partial charge in [-0.25, -0.2) is 0 Å². The lowest BCUT2D eigenvalue weighted by atomic mass is 10.1. The van der Waals surface area contributed by atoms with Gasteiger partial charge in [0.05, 0.1) is 11.3 Å². The van der Waals surface area contributed by atoms with Gasteiger partial charge in [0.25, 0.3) is 0 Å². The summed E-state index contributed by atoms with van der Waals surface area (Å²) in [5.41, 5.74) is 0.640. The van der Waals surface area contributed by atoms with Gasteiger partial charge in [0.1, 0.15) is 6.04 Å². The molecule has 1 atom stereocenters. The van der Waals surface area contributed by atoms with E-state index >= 15 is 0 Å². The Labute approximate surface area is 132 Å². The molecule has 0 heterocycles. The standard InChI is InChI=1S/C17H17F3N2O/c1-11-6-5-7-13(10-11)21-12(2)16(23)22-15-9-4-3-8-14(15)17(18,19)20/h3-10,12,21H,1-2H3,(H,22,23). The van der Waals surface area contributed by atoms with Crippen molar-refractivity contribution in [2.24, 2.45) is 0 Å². The van der Waals surface area contributed by atoms with E-state index in [0.29, 0.717) is 0 Å². The molecule has 0 aliphatic rings. The van der Waals surface area contributed by atoms with E-state index in [4.69, 9.17) is 0 Å². The number of carbonyl (C=O) groups excluding carboxylic acids is 1. The van der Waals surface area contributed by atoms with Crippen LogP contribution in [0.1, 0.15) is 18.1 Å². The highest BCUT2D eigenvalue weighted by molar-refractivity contribution is 5.96. The van der Waals surface area contributed by atoms with Crippen molar-refractivity contribution in [1.29, 1.82) is 0 Å². The summed E-state index contributed by atoms with van der Waals surface area (Å²) in [5.74, 6) is -0.539. The summed E-state index contributed by atoms with van der Waals surface area (Å²) in [4.78, 5) is 12.1. The molecule has 6 heteroatoms. The molecule has 0 fully saturated rings. The van der Waals surface area contributed by atoms with Gasteiger partial charge in [-0.1, -0.05) is 24.3 Å². The lowest BCUT2D eigenvalue weighted by molar-refractivity contribution is -0.137. The highest BCUT2D eigenvalue weighted by atomic mass is 19.4. The average Bonchev–Trinajstić information content (AvgIpc) is 2.46. The summed E-state index contributed by atoms with van der Waals surface area (Å²) in [6.07, 6.45) is -4.52. The van der Waals surface area contributed by atoms with Crippen LogP contribution in [0.25, 0.3) is 0 Å². The molecule has 122 valence electrons. The van der Waals surface area contributed by atoms with Gasteiger partial charge in [0, 0.05) is 5.69 Å². The number of carbonyl (C=O) groups is 1. The Bertz CT molecular complexity index is 698. The maximum atomic E-state index is 12.9. The van der Waals surface area contributed by atoms with E-state index in [1.807, 2.05) is 25.1 Å². The van der Waals surface area contributed by atoms with Crippen LogP contribution >= 0.6 is 0 Å². The van der Waals surface area contributed by atoms with Gasteiger partial charge in [0.15, 0.2) is 0 Å². The monoisotopic (exact) mass is 322 g/mol. The Morgan fingerprint density at radius 2 is 1.78 bits per heavy atom. The molecule has 0 aromatic heterocycles. The summed E-state index contributed by atoms with van der Waals surface area (Å²) >= 11 is 0. The molecule has 0 saturated carbocycles. The molecule has 0 aliphatic carbocycles. The fourth-order valence-electron chi connectivity index (χ4n) is 2.13. The second-order valence-electron chi connectivity index (χ2n) is 5.27. The van der Waals surface area contributed by atoms with Gasteiger partial charge in [-0.15, -0.1) is 0 Å². The third-order valence-corrected chi connectivity index (χ3v) is 3.28. The van der Waals surface area contributed by atoms with E-state index in [0.717, 1.165) is 17.3 Å². The molecule has 0 spiro atoms. The van der Waals surface area contributed by atoms with Crippen molar-refractivity contribution in [3.8, 4) is 0 Å². The molecule has 2 aromatic rings. The van der Waals surface area contributed by atoms with Crippen molar-refractivity contribution in [3.63, 3.8) is 0 Å².